The fraction of sp³-hybridized carbons (Fsp3) is 0.310. The molecule has 0 spiro atoms. The number of hydrogen-bond acceptors (Lipinski definition) is 3. The van der Waals surface area contributed by atoms with Crippen LogP contribution in [0.1, 0.15) is 35.4 Å². The third-order valence-corrected chi connectivity index (χ3v) is 6.61. The van der Waals surface area contributed by atoms with Gasteiger partial charge in [0.25, 0.3) is 0 Å². The van der Waals surface area contributed by atoms with Gasteiger partial charge in [-0.15, -0.1) is 0 Å². The van der Waals surface area contributed by atoms with Crippen LogP contribution in [-0.4, -0.2) is 28.6 Å². The number of benzene rings is 3. The Morgan fingerprint density at radius 1 is 1.00 bits per heavy atom. The zero-order valence-corrected chi connectivity index (χ0v) is 21.1. The van der Waals surface area contributed by atoms with Crippen LogP contribution in [0.15, 0.2) is 66.7 Å². The number of para-hydroxylation sites is 2. The third-order valence-electron chi connectivity index (χ3n) is 6.24. The number of aryl methyl sites for hydroxylation is 3. The minimum atomic E-state index is -0.0377. The van der Waals surface area contributed by atoms with Crippen molar-refractivity contribution in [2.45, 2.75) is 46.1 Å². The number of nitrogens with zero attached hydrogens (tertiary/aromatic N) is 2. The minimum Gasteiger partial charge on any atom is -0.494 e. The summed E-state index contributed by atoms with van der Waals surface area (Å²) in [4.78, 5) is 17.2. The first-order chi connectivity index (χ1) is 17.0. The van der Waals surface area contributed by atoms with E-state index >= 15 is 0 Å². The smallest absolute Gasteiger partial charge is 0.224 e. The van der Waals surface area contributed by atoms with E-state index in [1.807, 2.05) is 42.5 Å². The second kappa shape index (κ2) is 11.9. The molecule has 1 amide bonds. The fourth-order valence-corrected chi connectivity index (χ4v) is 4.32. The number of hydrogen-bond donors (Lipinski definition) is 1. The number of imidazole rings is 1. The van der Waals surface area contributed by atoms with Crippen molar-refractivity contribution < 1.29 is 9.53 Å². The van der Waals surface area contributed by atoms with Gasteiger partial charge in [-0.05, 0) is 73.7 Å². The Labute approximate surface area is 212 Å². The SMILES string of the molecule is Cc1ccc(OCCCCn2c(CCNC(=O)Cc3ccccc3Cl)nc3ccccc32)cc1C. The summed E-state index contributed by atoms with van der Waals surface area (Å²) in [6.45, 7) is 6.29. The maximum absolute atomic E-state index is 12.4. The lowest BCUT2D eigenvalue weighted by molar-refractivity contribution is -0.120. The van der Waals surface area contributed by atoms with Crippen molar-refractivity contribution in [2.24, 2.45) is 0 Å². The van der Waals surface area contributed by atoms with Crippen LogP contribution in [0.2, 0.25) is 5.02 Å². The Morgan fingerprint density at radius 2 is 1.80 bits per heavy atom. The van der Waals surface area contributed by atoms with Crippen molar-refractivity contribution in [3.63, 3.8) is 0 Å². The lowest BCUT2D eigenvalue weighted by atomic mass is 10.1. The van der Waals surface area contributed by atoms with Crippen LogP contribution < -0.4 is 10.1 Å². The number of amides is 1. The maximum atomic E-state index is 12.4. The maximum Gasteiger partial charge on any atom is 0.224 e. The Hall–Kier alpha value is -3.31. The molecule has 0 atom stereocenters. The van der Waals surface area contributed by atoms with Crippen molar-refractivity contribution in [3.05, 3.63) is 94.3 Å². The van der Waals surface area contributed by atoms with E-state index in [0.717, 1.165) is 47.6 Å². The molecule has 1 aromatic heterocycles. The third kappa shape index (κ3) is 6.64. The van der Waals surface area contributed by atoms with Crippen molar-refractivity contribution in [1.29, 1.82) is 0 Å². The summed E-state index contributed by atoms with van der Waals surface area (Å²) in [5, 5.41) is 3.63. The van der Waals surface area contributed by atoms with Gasteiger partial charge in [0.1, 0.15) is 11.6 Å². The highest BCUT2D eigenvalue weighted by Gasteiger charge is 2.12. The number of nitrogens with one attached hydrogen (secondary N) is 1. The highest BCUT2D eigenvalue weighted by molar-refractivity contribution is 6.31. The van der Waals surface area contributed by atoms with E-state index in [2.05, 4.69) is 41.9 Å². The number of fused-ring (bicyclic) bond motifs is 1. The zero-order valence-electron chi connectivity index (χ0n) is 20.4. The second-order valence-electron chi connectivity index (χ2n) is 8.84. The first kappa shape index (κ1) is 24.8. The van der Waals surface area contributed by atoms with E-state index in [9.17, 15) is 4.79 Å². The standard InChI is InChI=1S/C29H32ClN3O2/c1-21-13-14-24(19-22(21)2)35-18-8-7-17-33-27-12-6-5-11-26(27)32-28(33)15-16-31-29(34)20-23-9-3-4-10-25(23)30/h3-6,9-14,19H,7-8,15-18,20H2,1-2H3,(H,31,34). The molecule has 182 valence electrons. The first-order valence-corrected chi connectivity index (χ1v) is 12.5. The summed E-state index contributed by atoms with van der Waals surface area (Å²) in [6, 6.07) is 21.9. The molecule has 1 N–H and O–H groups in total. The minimum absolute atomic E-state index is 0.0377. The van der Waals surface area contributed by atoms with Gasteiger partial charge in [0.05, 0.1) is 24.1 Å². The van der Waals surface area contributed by atoms with E-state index in [4.69, 9.17) is 21.3 Å². The quantitative estimate of drug-likeness (QED) is 0.260. The second-order valence-corrected chi connectivity index (χ2v) is 9.25. The predicted octanol–water partition coefficient (Wildman–Crippen LogP) is 6.07. The molecule has 0 unspecified atom stereocenters. The van der Waals surface area contributed by atoms with Crippen LogP contribution in [0.5, 0.6) is 5.75 Å². The molecule has 35 heavy (non-hydrogen) atoms. The summed E-state index contributed by atoms with van der Waals surface area (Å²) < 4.78 is 8.22. The molecule has 0 saturated carbocycles. The summed E-state index contributed by atoms with van der Waals surface area (Å²) >= 11 is 6.18. The molecule has 5 nitrogen and oxygen atoms in total. The average molecular weight is 490 g/mol. The Balaban J connectivity index is 1.30. The van der Waals surface area contributed by atoms with Gasteiger partial charge in [-0.2, -0.15) is 0 Å². The Morgan fingerprint density at radius 3 is 2.63 bits per heavy atom. The molecule has 0 bridgehead atoms. The lowest BCUT2D eigenvalue weighted by Crippen LogP contribution is -2.28. The van der Waals surface area contributed by atoms with E-state index in [0.29, 0.717) is 24.6 Å². The number of unbranched alkanes of at least 4 members (excludes halogenated alkanes) is 1. The topological polar surface area (TPSA) is 56.1 Å². The highest BCUT2D eigenvalue weighted by Crippen LogP contribution is 2.19. The van der Waals surface area contributed by atoms with Crippen LogP contribution in [-0.2, 0) is 24.2 Å². The van der Waals surface area contributed by atoms with Crippen molar-refractivity contribution >= 4 is 28.5 Å². The van der Waals surface area contributed by atoms with E-state index in [1.54, 1.807) is 6.07 Å². The number of rotatable bonds is 11. The van der Waals surface area contributed by atoms with Crippen molar-refractivity contribution in [2.75, 3.05) is 13.2 Å². The van der Waals surface area contributed by atoms with Gasteiger partial charge >= 0.3 is 0 Å². The first-order valence-electron chi connectivity index (χ1n) is 12.2. The van der Waals surface area contributed by atoms with Gasteiger partial charge < -0.3 is 14.6 Å². The summed E-state index contributed by atoms with van der Waals surface area (Å²) in [7, 11) is 0. The molecule has 0 aliphatic rings. The molecule has 0 fully saturated rings. The lowest BCUT2D eigenvalue weighted by Gasteiger charge is -2.11. The zero-order chi connectivity index (χ0) is 24.6. The summed E-state index contributed by atoms with van der Waals surface area (Å²) in [5.41, 5.74) is 5.46. The van der Waals surface area contributed by atoms with Gasteiger partial charge in [-0.3, -0.25) is 4.79 Å². The van der Waals surface area contributed by atoms with E-state index in [-0.39, 0.29) is 12.3 Å². The van der Waals surface area contributed by atoms with Crippen LogP contribution in [0.3, 0.4) is 0 Å². The molecule has 6 heteroatoms. The number of halogens is 1. The van der Waals surface area contributed by atoms with E-state index in [1.165, 1.54) is 11.1 Å². The van der Waals surface area contributed by atoms with E-state index < -0.39 is 0 Å². The molecule has 0 aliphatic heterocycles. The van der Waals surface area contributed by atoms with Crippen molar-refractivity contribution in [3.8, 4) is 5.75 Å². The molecule has 0 radical (unpaired) electrons. The van der Waals surface area contributed by atoms with Crippen LogP contribution in [0.4, 0.5) is 0 Å². The number of aromatic nitrogens is 2. The average Bonchev–Trinajstić information content (AvgIpc) is 3.20. The number of carbonyl (C=O) groups excluding carboxylic acids is 1. The Bertz CT molecular complexity index is 1300. The van der Waals surface area contributed by atoms with Gasteiger partial charge in [-0.25, -0.2) is 4.98 Å². The molecule has 4 aromatic rings. The van der Waals surface area contributed by atoms with Crippen LogP contribution >= 0.6 is 11.6 Å². The van der Waals surface area contributed by atoms with Gasteiger partial charge in [0.15, 0.2) is 0 Å². The van der Waals surface area contributed by atoms with Gasteiger partial charge in [-0.1, -0.05) is 48.0 Å². The molecule has 1 heterocycles. The van der Waals surface area contributed by atoms with Crippen molar-refractivity contribution in [1.82, 2.24) is 14.9 Å². The van der Waals surface area contributed by atoms with Gasteiger partial charge in [0, 0.05) is 24.5 Å². The number of ether oxygens (including phenoxy) is 1. The molecular formula is C29H32ClN3O2. The predicted molar refractivity (Wildman–Crippen MR) is 142 cm³/mol. The molecule has 3 aromatic carbocycles. The molecule has 4 rings (SSSR count). The Kier molecular flexibility index (Phi) is 8.43. The molecular weight excluding hydrogens is 458 g/mol. The highest BCUT2D eigenvalue weighted by atomic mass is 35.5. The monoisotopic (exact) mass is 489 g/mol. The summed E-state index contributed by atoms with van der Waals surface area (Å²) in [6.07, 6.45) is 2.88. The summed E-state index contributed by atoms with van der Waals surface area (Å²) in [5.74, 6) is 1.87. The number of carbonyl (C=O) groups is 1. The van der Waals surface area contributed by atoms with Crippen LogP contribution in [0, 0.1) is 13.8 Å². The normalized spacial score (nSPS) is 11.1. The van der Waals surface area contributed by atoms with Gasteiger partial charge in [0.2, 0.25) is 5.91 Å². The molecule has 0 saturated heterocycles. The molecule has 0 aliphatic carbocycles. The van der Waals surface area contributed by atoms with Crippen LogP contribution in [0.25, 0.3) is 11.0 Å². The largest absolute Gasteiger partial charge is 0.494 e. The fourth-order valence-electron chi connectivity index (χ4n) is 4.12.